The molecule has 1 aromatic carbocycles. The molecule has 2 rings (SSSR count). The van der Waals surface area contributed by atoms with Crippen molar-refractivity contribution < 1.29 is 14.7 Å². The van der Waals surface area contributed by atoms with Gasteiger partial charge in [0.15, 0.2) is 0 Å². The van der Waals surface area contributed by atoms with Gasteiger partial charge in [0, 0.05) is 7.05 Å². The van der Waals surface area contributed by atoms with E-state index in [1.165, 1.54) is 4.90 Å². The van der Waals surface area contributed by atoms with E-state index in [1.807, 2.05) is 6.07 Å². The van der Waals surface area contributed by atoms with Gasteiger partial charge in [0.25, 0.3) is 0 Å². The lowest BCUT2D eigenvalue weighted by Crippen LogP contribution is -2.30. The first kappa shape index (κ1) is 14.1. The SMILES string of the molecule is CN(C(=O)[C@H]1[C@@H](C(=O)O)C1(C)C)c1ccccc1C#N. The fourth-order valence-electron chi connectivity index (χ4n) is 2.75. The van der Waals surface area contributed by atoms with E-state index >= 15 is 0 Å². The van der Waals surface area contributed by atoms with Gasteiger partial charge in [0.05, 0.1) is 23.1 Å². The van der Waals surface area contributed by atoms with Crippen molar-refractivity contribution in [1.82, 2.24) is 0 Å². The second-order valence-electron chi connectivity index (χ2n) is 5.64. The predicted octanol–water partition coefficient (Wildman–Crippen LogP) is 1.88. The zero-order valence-electron chi connectivity index (χ0n) is 11.6. The molecule has 0 unspecified atom stereocenters. The Bertz CT molecular complexity index is 616. The molecule has 0 aliphatic heterocycles. The molecular weight excluding hydrogens is 256 g/mol. The highest BCUT2D eigenvalue weighted by atomic mass is 16.4. The van der Waals surface area contributed by atoms with Crippen molar-refractivity contribution in [3.8, 4) is 6.07 Å². The number of carboxylic acids is 1. The fraction of sp³-hybridized carbons (Fsp3) is 0.400. The highest BCUT2D eigenvalue weighted by Gasteiger charge is 2.66. The first-order valence-electron chi connectivity index (χ1n) is 6.32. The summed E-state index contributed by atoms with van der Waals surface area (Å²) in [5.41, 5.74) is 0.360. The maximum Gasteiger partial charge on any atom is 0.307 e. The third-order valence-electron chi connectivity index (χ3n) is 4.08. The minimum Gasteiger partial charge on any atom is -0.481 e. The Labute approximate surface area is 117 Å². The standard InChI is InChI=1S/C15H16N2O3/c1-15(2)11(12(15)14(19)20)13(18)17(3)10-7-5-4-6-9(10)8-16/h4-7,11-12H,1-3H3,(H,19,20)/t11-,12+/m1/s1. The van der Waals surface area contributed by atoms with E-state index in [2.05, 4.69) is 0 Å². The second-order valence-corrected chi connectivity index (χ2v) is 5.64. The van der Waals surface area contributed by atoms with Gasteiger partial charge >= 0.3 is 5.97 Å². The van der Waals surface area contributed by atoms with Crippen LogP contribution in [0.1, 0.15) is 19.4 Å². The van der Waals surface area contributed by atoms with Crippen LogP contribution in [0.15, 0.2) is 24.3 Å². The maximum absolute atomic E-state index is 12.5. The monoisotopic (exact) mass is 272 g/mol. The van der Waals surface area contributed by atoms with Crippen LogP contribution in [0.2, 0.25) is 0 Å². The Kier molecular flexibility index (Phi) is 3.26. The van der Waals surface area contributed by atoms with Gasteiger partial charge in [-0.05, 0) is 17.5 Å². The topological polar surface area (TPSA) is 81.4 Å². The van der Waals surface area contributed by atoms with E-state index in [4.69, 9.17) is 10.4 Å². The lowest BCUT2D eigenvalue weighted by atomic mass is 10.1. The first-order chi connectivity index (χ1) is 9.32. The molecule has 1 aromatic rings. The van der Waals surface area contributed by atoms with E-state index in [0.717, 1.165) is 0 Å². The lowest BCUT2D eigenvalue weighted by Gasteiger charge is -2.19. The summed E-state index contributed by atoms with van der Waals surface area (Å²) >= 11 is 0. The van der Waals surface area contributed by atoms with E-state index in [9.17, 15) is 9.59 Å². The Morgan fingerprint density at radius 2 is 1.90 bits per heavy atom. The number of nitrogens with zero attached hydrogens (tertiary/aromatic N) is 2. The van der Waals surface area contributed by atoms with Gasteiger partial charge in [-0.1, -0.05) is 26.0 Å². The van der Waals surface area contributed by atoms with Crippen LogP contribution in [0.25, 0.3) is 0 Å². The summed E-state index contributed by atoms with van der Waals surface area (Å²) in [5.74, 6) is -2.41. The van der Waals surface area contributed by atoms with Crippen LogP contribution in [0, 0.1) is 28.6 Å². The number of carbonyl (C=O) groups excluding carboxylic acids is 1. The highest BCUT2D eigenvalue weighted by Crippen LogP contribution is 2.59. The number of hydrogen-bond acceptors (Lipinski definition) is 3. The number of benzene rings is 1. The maximum atomic E-state index is 12.5. The number of para-hydroxylation sites is 1. The molecule has 5 heteroatoms. The highest BCUT2D eigenvalue weighted by molar-refractivity contribution is 6.01. The zero-order chi connectivity index (χ0) is 15.1. The van der Waals surface area contributed by atoms with Crippen molar-refractivity contribution in [2.24, 2.45) is 17.3 Å². The number of rotatable bonds is 3. The molecule has 0 saturated heterocycles. The smallest absolute Gasteiger partial charge is 0.307 e. The molecule has 0 bridgehead atoms. The summed E-state index contributed by atoms with van der Waals surface area (Å²) < 4.78 is 0. The molecule has 1 amide bonds. The van der Waals surface area contributed by atoms with Crippen LogP contribution in [-0.2, 0) is 9.59 Å². The predicted molar refractivity (Wildman–Crippen MR) is 73.0 cm³/mol. The van der Waals surface area contributed by atoms with Crippen molar-refractivity contribution >= 4 is 17.6 Å². The molecule has 1 fully saturated rings. The van der Waals surface area contributed by atoms with Gasteiger partial charge in [-0.15, -0.1) is 0 Å². The average molecular weight is 272 g/mol. The number of aliphatic carboxylic acids is 1. The number of anilines is 1. The van der Waals surface area contributed by atoms with Crippen molar-refractivity contribution in [3.63, 3.8) is 0 Å². The average Bonchev–Trinajstić information content (AvgIpc) is 3.00. The van der Waals surface area contributed by atoms with Crippen molar-refractivity contribution in [2.75, 3.05) is 11.9 Å². The van der Waals surface area contributed by atoms with Crippen LogP contribution in [0.4, 0.5) is 5.69 Å². The van der Waals surface area contributed by atoms with Gasteiger partial charge in [-0.3, -0.25) is 9.59 Å². The van der Waals surface area contributed by atoms with Gasteiger partial charge in [-0.2, -0.15) is 5.26 Å². The molecule has 0 radical (unpaired) electrons. The fourth-order valence-corrected chi connectivity index (χ4v) is 2.75. The second kappa shape index (κ2) is 4.64. The van der Waals surface area contributed by atoms with Gasteiger partial charge in [0.1, 0.15) is 6.07 Å². The molecule has 2 atom stereocenters. The van der Waals surface area contributed by atoms with Crippen LogP contribution in [0.3, 0.4) is 0 Å². The largest absolute Gasteiger partial charge is 0.481 e. The molecule has 0 heterocycles. The summed E-state index contributed by atoms with van der Waals surface area (Å²) in [6.45, 7) is 3.55. The van der Waals surface area contributed by atoms with Crippen molar-refractivity contribution in [1.29, 1.82) is 5.26 Å². The van der Waals surface area contributed by atoms with Gasteiger partial charge in [0.2, 0.25) is 5.91 Å². The molecule has 0 aromatic heterocycles. The third kappa shape index (κ3) is 2.03. The first-order valence-corrected chi connectivity index (χ1v) is 6.32. The molecule has 1 aliphatic rings. The molecule has 1 N–H and O–H groups in total. The van der Waals surface area contributed by atoms with E-state index in [1.54, 1.807) is 45.2 Å². The molecule has 5 nitrogen and oxygen atoms in total. The summed E-state index contributed by atoms with van der Waals surface area (Å²) in [5, 5.41) is 18.2. The number of amides is 1. The lowest BCUT2D eigenvalue weighted by molar-refractivity contribution is -0.140. The minimum absolute atomic E-state index is 0.259. The summed E-state index contributed by atoms with van der Waals surface area (Å²) in [6.07, 6.45) is 0. The Hall–Kier alpha value is -2.35. The van der Waals surface area contributed by atoms with E-state index in [0.29, 0.717) is 11.3 Å². The number of nitriles is 1. The number of carbonyl (C=O) groups is 2. The number of hydrogen-bond donors (Lipinski definition) is 1. The molecule has 1 aliphatic carbocycles. The molecule has 20 heavy (non-hydrogen) atoms. The van der Waals surface area contributed by atoms with E-state index in [-0.39, 0.29) is 5.91 Å². The van der Waals surface area contributed by atoms with Crippen LogP contribution >= 0.6 is 0 Å². The third-order valence-corrected chi connectivity index (χ3v) is 4.08. The van der Waals surface area contributed by atoms with Crippen molar-refractivity contribution in [3.05, 3.63) is 29.8 Å². The summed E-state index contributed by atoms with van der Waals surface area (Å²) in [4.78, 5) is 25.0. The zero-order valence-corrected chi connectivity index (χ0v) is 11.6. The quantitative estimate of drug-likeness (QED) is 0.910. The molecule has 1 saturated carbocycles. The van der Waals surface area contributed by atoms with Crippen LogP contribution in [-0.4, -0.2) is 24.0 Å². The van der Waals surface area contributed by atoms with Crippen molar-refractivity contribution in [2.45, 2.75) is 13.8 Å². The van der Waals surface area contributed by atoms with Gasteiger partial charge in [-0.25, -0.2) is 0 Å². The van der Waals surface area contributed by atoms with Gasteiger partial charge < -0.3 is 10.0 Å². The molecular formula is C15H16N2O3. The van der Waals surface area contributed by atoms with Crippen LogP contribution < -0.4 is 4.90 Å². The summed E-state index contributed by atoms with van der Waals surface area (Å²) in [7, 11) is 1.58. The number of carboxylic acid groups (broad SMARTS) is 1. The Morgan fingerprint density at radius 1 is 1.30 bits per heavy atom. The van der Waals surface area contributed by atoms with Crippen LogP contribution in [0.5, 0.6) is 0 Å². The van der Waals surface area contributed by atoms with E-state index < -0.39 is 23.2 Å². The Morgan fingerprint density at radius 3 is 2.40 bits per heavy atom. The molecule has 0 spiro atoms. The molecule has 104 valence electrons. The minimum atomic E-state index is -0.949. The summed E-state index contributed by atoms with van der Waals surface area (Å²) in [6, 6.07) is 8.81. The normalized spacial score (nSPS) is 22.7. The Balaban J connectivity index is 2.27.